The number of likely N-dealkylation sites (tertiary alicyclic amines) is 1. The lowest BCUT2D eigenvalue weighted by molar-refractivity contribution is -0.148. The molecule has 1 aliphatic heterocycles. The van der Waals surface area contributed by atoms with E-state index in [0.717, 1.165) is 19.3 Å². The van der Waals surface area contributed by atoms with Crippen LogP contribution in [0, 0.1) is 5.92 Å². The number of aliphatic hydroxyl groups is 1. The van der Waals surface area contributed by atoms with E-state index in [9.17, 15) is 9.90 Å². The highest BCUT2D eigenvalue weighted by Gasteiger charge is 2.53. The van der Waals surface area contributed by atoms with Crippen molar-refractivity contribution in [2.75, 3.05) is 6.54 Å². The number of hydrogen-bond acceptors (Lipinski definition) is 4. The van der Waals surface area contributed by atoms with Crippen LogP contribution in [0.15, 0.2) is 30.3 Å². The van der Waals surface area contributed by atoms with Gasteiger partial charge in [-0.3, -0.25) is 4.90 Å². The zero-order valence-electron chi connectivity index (χ0n) is 17.2. The Morgan fingerprint density at radius 1 is 1.27 bits per heavy atom. The van der Waals surface area contributed by atoms with E-state index in [4.69, 9.17) is 4.74 Å². The lowest BCUT2D eigenvalue weighted by atomic mass is 9.67. The summed E-state index contributed by atoms with van der Waals surface area (Å²) >= 11 is 0. The maximum atomic E-state index is 12.6. The summed E-state index contributed by atoms with van der Waals surface area (Å²) in [5, 5.41) is 10.1. The Labute approximate surface area is 158 Å². The van der Waals surface area contributed by atoms with Gasteiger partial charge in [0.25, 0.3) is 0 Å². The first-order chi connectivity index (χ1) is 12.2. The highest BCUT2D eigenvalue weighted by molar-refractivity contribution is 5.89. The fourth-order valence-electron chi connectivity index (χ4n) is 4.45. The van der Waals surface area contributed by atoms with Crippen molar-refractivity contribution in [1.29, 1.82) is 0 Å². The SMILES string of the molecule is CCC1(C)CC(OC(=O)c2ccccc2)C(C)C(C)(CC)N1CC(C)O. The second-order valence-electron chi connectivity index (χ2n) is 8.32. The van der Waals surface area contributed by atoms with E-state index in [1.807, 2.05) is 25.1 Å². The summed E-state index contributed by atoms with van der Waals surface area (Å²) in [4.78, 5) is 15.1. The minimum absolute atomic E-state index is 0.115. The molecule has 5 atom stereocenters. The van der Waals surface area contributed by atoms with Gasteiger partial charge in [-0.1, -0.05) is 39.0 Å². The molecule has 1 fully saturated rings. The van der Waals surface area contributed by atoms with Gasteiger partial charge in [-0.25, -0.2) is 4.79 Å². The number of benzene rings is 1. The molecule has 0 bridgehead atoms. The number of ether oxygens (including phenoxy) is 1. The number of aliphatic hydroxyl groups excluding tert-OH is 1. The van der Waals surface area contributed by atoms with Gasteiger partial charge in [0.2, 0.25) is 0 Å². The van der Waals surface area contributed by atoms with Gasteiger partial charge in [0, 0.05) is 30.0 Å². The minimum atomic E-state index is -0.387. The third-order valence-corrected chi connectivity index (χ3v) is 6.64. The Morgan fingerprint density at radius 2 is 1.88 bits per heavy atom. The first kappa shape index (κ1) is 20.9. The van der Waals surface area contributed by atoms with E-state index in [0.29, 0.717) is 12.1 Å². The van der Waals surface area contributed by atoms with Crippen molar-refractivity contribution in [2.24, 2.45) is 5.92 Å². The summed E-state index contributed by atoms with van der Waals surface area (Å²) in [6, 6.07) is 9.21. The van der Waals surface area contributed by atoms with Crippen molar-refractivity contribution in [3.05, 3.63) is 35.9 Å². The van der Waals surface area contributed by atoms with Crippen LogP contribution < -0.4 is 0 Å². The van der Waals surface area contributed by atoms with E-state index >= 15 is 0 Å². The molecule has 0 aromatic heterocycles. The molecule has 2 rings (SSSR count). The lowest BCUT2D eigenvalue weighted by Gasteiger charge is -2.60. The fraction of sp³-hybridized carbons (Fsp3) is 0.682. The molecule has 0 amide bonds. The van der Waals surface area contributed by atoms with Gasteiger partial charge in [0.15, 0.2) is 0 Å². The lowest BCUT2D eigenvalue weighted by Crippen LogP contribution is -2.69. The molecular formula is C22H35NO3. The first-order valence-electron chi connectivity index (χ1n) is 9.89. The van der Waals surface area contributed by atoms with Gasteiger partial charge >= 0.3 is 5.97 Å². The second kappa shape index (κ2) is 8.10. The van der Waals surface area contributed by atoms with Crippen LogP contribution in [0.1, 0.15) is 71.2 Å². The van der Waals surface area contributed by atoms with Gasteiger partial charge in [-0.15, -0.1) is 0 Å². The van der Waals surface area contributed by atoms with E-state index in [1.54, 1.807) is 12.1 Å². The van der Waals surface area contributed by atoms with Gasteiger partial charge in [-0.05, 0) is 45.7 Å². The molecule has 1 aromatic carbocycles. The normalized spacial score (nSPS) is 33.7. The number of carbonyl (C=O) groups excluding carboxylic acids is 1. The first-order valence-corrected chi connectivity index (χ1v) is 9.89. The molecule has 1 heterocycles. The van der Waals surface area contributed by atoms with E-state index in [1.165, 1.54) is 0 Å². The van der Waals surface area contributed by atoms with Crippen LogP contribution in [-0.4, -0.2) is 45.8 Å². The number of piperidine rings is 1. The molecule has 4 nitrogen and oxygen atoms in total. The molecule has 0 radical (unpaired) electrons. The van der Waals surface area contributed by atoms with E-state index < -0.39 is 0 Å². The molecule has 146 valence electrons. The van der Waals surface area contributed by atoms with Gasteiger partial charge < -0.3 is 9.84 Å². The minimum Gasteiger partial charge on any atom is -0.458 e. The standard InChI is InChI=1S/C22H35NO3/c1-7-21(5)14-19(26-20(25)18-12-10-9-11-13-18)17(4)22(6,8-2)23(21)15-16(3)24/h9-13,16-17,19,24H,7-8,14-15H2,1-6H3. The Kier molecular flexibility index (Phi) is 6.51. The molecule has 0 spiro atoms. The number of esters is 1. The number of nitrogens with zero attached hydrogens (tertiary/aromatic N) is 1. The fourth-order valence-corrected chi connectivity index (χ4v) is 4.45. The topological polar surface area (TPSA) is 49.8 Å². The van der Waals surface area contributed by atoms with Crippen LogP contribution in [0.5, 0.6) is 0 Å². The third kappa shape index (κ3) is 3.96. The number of carbonyl (C=O) groups is 1. The summed E-state index contributed by atoms with van der Waals surface area (Å²) in [5.41, 5.74) is 0.347. The van der Waals surface area contributed by atoms with Crippen molar-refractivity contribution in [3.63, 3.8) is 0 Å². The molecule has 26 heavy (non-hydrogen) atoms. The molecule has 1 saturated heterocycles. The van der Waals surface area contributed by atoms with Gasteiger partial charge in [-0.2, -0.15) is 0 Å². The Hall–Kier alpha value is -1.39. The summed E-state index contributed by atoms with van der Waals surface area (Å²) in [5.74, 6) is -0.0677. The molecule has 1 aliphatic rings. The molecule has 5 unspecified atom stereocenters. The van der Waals surface area contributed by atoms with Crippen LogP contribution in [0.25, 0.3) is 0 Å². The van der Waals surface area contributed by atoms with Crippen LogP contribution in [-0.2, 0) is 4.74 Å². The number of rotatable bonds is 6. The summed E-state index contributed by atoms with van der Waals surface area (Å²) in [6.45, 7) is 13.5. The van der Waals surface area contributed by atoms with Gasteiger partial charge in [0.1, 0.15) is 6.10 Å². The molecular weight excluding hydrogens is 326 g/mol. The van der Waals surface area contributed by atoms with Crippen LogP contribution in [0.3, 0.4) is 0 Å². The average molecular weight is 362 g/mol. The highest BCUT2D eigenvalue weighted by Crippen LogP contribution is 2.46. The Bertz CT molecular complexity index is 603. The largest absolute Gasteiger partial charge is 0.458 e. The van der Waals surface area contributed by atoms with Crippen molar-refractivity contribution in [3.8, 4) is 0 Å². The molecule has 1 aromatic rings. The average Bonchev–Trinajstić information content (AvgIpc) is 2.63. The van der Waals surface area contributed by atoms with Crippen molar-refractivity contribution < 1.29 is 14.6 Å². The summed E-state index contributed by atoms with van der Waals surface area (Å²) in [7, 11) is 0. The number of hydrogen-bond donors (Lipinski definition) is 1. The summed E-state index contributed by atoms with van der Waals surface area (Å²) in [6.07, 6.45) is 2.15. The number of β-amino-alcohol motifs (C(OH)–C–C–N with tert-alkyl or cyclic N) is 1. The van der Waals surface area contributed by atoms with Crippen molar-refractivity contribution in [1.82, 2.24) is 4.90 Å². The van der Waals surface area contributed by atoms with Crippen LogP contribution in [0.2, 0.25) is 0 Å². The molecule has 4 heteroatoms. The Balaban J connectivity index is 2.31. The van der Waals surface area contributed by atoms with E-state index in [2.05, 4.69) is 39.5 Å². The monoisotopic (exact) mass is 361 g/mol. The maximum absolute atomic E-state index is 12.6. The maximum Gasteiger partial charge on any atom is 0.338 e. The predicted octanol–water partition coefficient (Wildman–Crippen LogP) is 4.27. The van der Waals surface area contributed by atoms with Crippen molar-refractivity contribution in [2.45, 2.75) is 84.1 Å². The van der Waals surface area contributed by atoms with Crippen LogP contribution in [0.4, 0.5) is 0 Å². The summed E-state index contributed by atoms with van der Waals surface area (Å²) < 4.78 is 6.01. The highest BCUT2D eigenvalue weighted by atomic mass is 16.5. The third-order valence-electron chi connectivity index (χ3n) is 6.64. The van der Waals surface area contributed by atoms with E-state index in [-0.39, 0.29) is 35.2 Å². The van der Waals surface area contributed by atoms with Crippen molar-refractivity contribution >= 4 is 5.97 Å². The molecule has 0 saturated carbocycles. The zero-order chi connectivity index (χ0) is 19.5. The molecule has 1 N–H and O–H groups in total. The molecule has 0 aliphatic carbocycles. The second-order valence-corrected chi connectivity index (χ2v) is 8.32. The zero-order valence-corrected chi connectivity index (χ0v) is 17.2. The predicted molar refractivity (Wildman–Crippen MR) is 105 cm³/mol. The smallest absolute Gasteiger partial charge is 0.338 e. The Morgan fingerprint density at radius 3 is 2.38 bits per heavy atom. The van der Waals surface area contributed by atoms with Gasteiger partial charge in [0.05, 0.1) is 11.7 Å². The van der Waals surface area contributed by atoms with Crippen LogP contribution >= 0.6 is 0 Å². The quantitative estimate of drug-likeness (QED) is 0.769.